The van der Waals surface area contributed by atoms with E-state index in [0.29, 0.717) is 0 Å². The summed E-state index contributed by atoms with van der Waals surface area (Å²) in [5.41, 5.74) is 8.69. The van der Waals surface area contributed by atoms with Crippen LogP contribution in [0.3, 0.4) is 0 Å². The van der Waals surface area contributed by atoms with E-state index in [2.05, 4.69) is 139 Å². The van der Waals surface area contributed by atoms with Crippen LogP contribution in [0.4, 0.5) is 0 Å². The van der Waals surface area contributed by atoms with E-state index in [1.54, 1.807) is 0 Å². The van der Waals surface area contributed by atoms with Gasteiger partial charge in [-0.15, -0.1) is 0 Å². The van der Waals surface area contributed by atoms with Crippen molar-refractivity contribution in [3.8, 4) is 16.8 Å². The second kappa shape index (κ2) is 8.43. The van der Waals surface area contributed by atoms with Crippen molar-refractivity contribution in [2.75, 3.05) is 0 Å². The molecule has 0 N–H and O–H groups in total. The van der Waals surface area contributed by atoms with Crippen molar-refractivity contribution in [3.05, 3.63) is 138 Å². The number of hydrogen-bond acceptors (Lipinski definition) is 1. The van der Waals surface area contributed by atoms with E-state index >= 15 is 0 Å². The van der Waals surface area contributed by atoms with Crippen molar-refractivity contribution in [1.29, 1.82) is 0 Å². The van der Waals surface area contributed by atoms with E-state index in [-0.39, 0.29) is 0 Å². The van der Waals surface area contributed by atoms with E-state index in [1.165, 1.54) is 49.0 Å². The summed E-state index contributed by atoms with van der Waals surface area (Å²) in [6, 6.07) is 44.7. The molecule has 1 aliphatic rings. The fourth-order valence-electron chi connectivity index (χ4n) is 6.07. The zero-order valence-electron chi connectivity index (χ0n) is 21.1. The van der Waals surface area contributed by atoms with Crippen LogP contribution >= 0.6 is 0 Å². The maximum absolute atomic E-state index is 5.01. The van der Waals surface area contributed by atoms with Crippen LogP contribution in [-0.4, -0.2) is 17.6 Å². The molecule has 37 heavy (non-hydrogen) atoms. The summed E-state index contributed by atoms with van der Waals surface area (Å²) in [7, 11) is -2.18. The van der Waals surface area contributed by atoms with Crippen molar-refractivity contribution in [2.45, 2.75) is 19.9 Å². The monoisotopic (exact) mass is 492 g/mol. The van der Waals surface area contributed by atoms with Gasteiger partial charge in [0.2, 0.25) is 0 Å². The molecule has 0 unspecified atom stereocenters. The molecule has 2 heterocycles. The zero-order valence-corrected chi connectivity index (χ0v) is 22.1. The summed E-state index contributed by atoms with van der Waals surface area (Å²) in [5.74, 6) is 1.13. The molecule has 178 valence electrons. The van der Waals surface area contributed by atoms with E-state index < -0.39 is 8.07 Å². The molecule has 0 fully saturated rings. The Kier molecular flexibility index (Phi) is 5.02. The van der Waals surface area contributed by atoms with E-state index in [4.69, 9.17) is 4.98 Å². The van der Waals surface area contributed by atoms with Gasteiger partial charge in [0.1, 0.15) is 13.9 Å². The molecule has 0 atom stereocenters. The molecule has 7 rings (SSSR count). The molecule has 6 aromatic rings. The van der Waals surface area contributed by atoms with Gasteiger partial charge < -0.3 is 0 Å². The van der Waals surface area contributed by atoms with Crippen LogP contribution in [0.1, 0.15) is 17.0 Å². The van der Waals surface area contributed by atoms with Gasteiger partial charge in [-0.1, -0.05) is 110 Å². The third kappa shape index (κ3) is 3.42. The predicted octanol–water partition coefficient (Wildman–Crippen LogP) is 6.01. The molecule has 1 aromatic heterocycles. The van der Waals surface area contributed by atoms with Gasteiger partial charge in [0, 0.05) is 6.42 Å². The highest BCUT2D eigenvalue weighted by molar-refractivity contribution is 7.10. The summed E-state index contributed by atoms with van der Waals surface area (Å²) in [5, 5.41) is 4.28. The predicted molar refractivity (Wildman–Crippen MR) is 157 cm³/mol. The van der Waals surface area contributed by atoms with Gasteiger partial charge in [0.25, 0.3) is 0 Å². The molecule has 0 spiro atoms. The minimum Gasteiger partial charge on any atom is -0.296 e. The summed E-state index contributed by atoms with van der Waals surface area (Å²) in [6.45, 7) is 4.69. The molecule has 0 saturated carbocycles. The van der Waals surface area contributed by atoms with Crippen molar-refractivity contribution in [3.63, 3.8) is 0 Å². The topological polar surface area (TPSA) is 17.8 Å². The van der Waals surface area contributed by atoms with Crippen molar-refractivity contribution >= 4 is 34.7 Å². The van der Waals surface area contributed by atoms with Crippen LogP contribution in [-0.2, 0) is 6.42 Å². The smallest absolute Gasteiger partial charge is 0.145 e. The molecular formula is C34H28N2Si. The van der Waals surface area contributed by atoms with Gasteiger partial charge in [-0.2, -0.15) is 0 Å². The lowest BCUT2D eigenvalue weighted by Crippen LogP contribution is -2.64. The molecule has 0 radical (unpaired) electrons. The average molecular weight is 493 g/mol. The first-order valence-corrected chi connectivity index (χ1v) is 15.4. The SMILES string of the molecule is Cc1cc2nc3n(c2cc1-c1cccc([Si](C)(c2ccccc2)c2ccccc2)c1)-c1ccccc1C3. The highest BCUT2D eigenvalue weighted by Crippen LogP contribution is 2.35. The summed E-state index contributed by atoms with van der Waals surface area (Å²) in [6.07, 6.45) is 0.896. The lowest BCUT2D eigenvalue weighted by atomic mass is 9.99. The maximum atomic E-state index is 5.01. The Balaban J connectivity index is 1.41. The first-order chi connectivity index (χ1) is 18.1. The van der Waals surface area contributed by atoms with Crippen LogP contribution in [0.5, 0.6) is 0 Å². The largest absolute Gasteiger partial charge is 0.296 e. The van der Waals surface area contributed by atoms with Crippen molar-refractivity contribution in [2.24, 2.45) is 0 Å². The Bertz CT molecular complexity index is 1730. The normalized spacial score (nSPS) is 12.5. The molecule has 1 aliphatic heterocycles. The first kappa shape index (κ1) is 22.0. The lowest BCUT2D eigenvalue weighted by molar-refractivity contribution is 1.02. The fourth-order valence-corrected chi connectivity index (χ4v) is 9.66. The van der Waals surface area contributed by atoms with Gasteiger partial charge in [-0.05, 0) is 62.9 Å². The molecule has 2 nitrogen and oxygen atoms in total. The molecule has 0 aliphatic carbocycles. The van der Waals surface area contributed by atoms with Crippen LogP contribution in [0.25, 0.3) is 27.8 Å². The molecule has 0 amide bonds. The second-order valence-corrected chi connectivity index (χ2v) is 14.2. The Morgan fingerprint density at radius 2 is 1.32 bits per heavy atom. The Hall–Kier alpha value is -4.21. The van der Waals surface area contributed by atoms with Gasteiger partial charge in [-0.3, -0.25) is 4.57 Å². The minimum atomic E-state index is -2.18. The fraction of sp³-hybridized carbons (Fsp3) is 0.0882. The van der Waals surface area contributed by atoms with E-state index in [9.17, 15) is 0 Å². The average Bonchev–Trinajstić information content (AvgIpc) is 3.48. The minimum absolute atomic E-state index is 0.896. The second-order valence-electron chi connectivity index (χ2n) is 10.3. The van der Waals surface area contributed by atoms with E-state index in [1.807, 2.05) is 0 Å². The van der Waals surface area contributed by atoms with Crippen LogP contribution in [0, 0.1) is 6.92 Å². The zero-order chi connectivity index (χ0) is 25.0. The molecule has 0 bridgehead atoms. The Morgan fingerprint density at radius 1 is 0.676 bits per heavy atom. The number of hydrogen-bond donors (Lipinski definition) is 0. The molecule has 0 saturated heterocycles. The third-order valence-electron chi connectivity index (χ3n) is 8.10. The van der Waals surface area contributed by atoms with Crippen molar-refractivity contribution in [1.82, 2.24) is 9.55 Å². The summed E-state index contributed by atoms with van der Waals surface area (Å²) >= 11 is 0. The van der Waals surface area contributed by atoms with Crippen LogP contribution in [0.15, 0.2) is 121 Å². The summed E-state index contributed by atoms with van der Waals surface area (Å²) < 4.78 is 2.35. The Labute approximate surface area is 218 Å². The lowest BCUT2D eigenvalue weighted by Gasteiger charge is -2.30. The number of benzene rings is 5. The number of rotatable bonds is 4. The van der Waals surface area contributed by atoms with Gasteiger partial charge >= 0.3 is 0 Å². The highest BCUT2D eigenvalue weighted by Gasteiger charge is 2.34. The standard InChI is InChI=1S/C34H28N2Si/c1-24-20-31-33(36-32-19-10-9-12-26(32)22-34(36)35-31)23-30(24)25-13-11-18-29(21-25)37(2,27-14-5-3-6-15-27)28-16-7-4-8-17-28/h3-21,23H,22H2,1-2H3. The molecule has 3 heteroatoms. The van der Waals surface area contributed by atoms with Gasteiger partial charge in [0.05, 0.1) is 16.7 Å². The first-order valence-electron chi connectivity index (χ1n) is 12.9. The number of aryl methyl sites for hydroxylation is 1. The summed E-state index contributed by atoms with van der Waals surface area (Å²) in [4.78, 5) is 5.01. The third-order valence-corrected chi connectivity index (χ3v) is 12.5. The van der Waals surface area contributed by atoms with Gasteiger partial charge in [0.15, 0.2) is 0 Å². The number of aromatic nitrogens is 2. The van der Waals surface area contributed by atoms with Gasteiger partial charge in [-0.25, -0.2) is 4.98 Å². The number of nitrogens with zero attached hydrogens (tertiary/aromatic N) is 2. The Morgan fingerprint density at radius 3 is 2.05 bits per heavy atom. The number of para-hydroxylation sites is 1. The number of imidazole rings is 1. The van der Waals surface area contributed by atoms with Crippen LogP contribution < -0.4 is 15.6 Å². The van der Waals surface area contributed by atoms with Crippen molar-refractivity contribution < 1.29 is 0 Å². The quantitative estimate of drug-likeness (QED) is 0.217. The van der Waals surface area contributed by atoms with Crippen LogP contribution in [0.2, 0.25) is 6.55 Å². The maximum Gasteiger partial charge on any atom is 0.145 e. The molecule has 5 aromatic carbocycles. The molecular weight excluding hydrogens is 464 g/mol. The highest BCUT2D eigenvalue weighted by atomic mass is 28.3. The van der Waals surface area contributed by atoms with E-state index in [0.717, 1.165) is 17.8 Å². The number of fused-ring (bicyclic) bond motifs is 5.